The zero-order valence-electron chi connectivity index (χ0n) is 9.86. The summed E-state index contributed by atoms with van der Waals surface area (Å²) in [6.07, 6.45) is 0. The highest BCUT2D eigenvalue weighted by Gasteiger charge is 2.08. The van der Waals surface area contributed by atoms with Crippen LogP contribution in [-0.4, -0.2) is 38.0 Å². The lowest BCUT2D eigenvalue weighted by molar-refractivity contribution is 0.0998. The Labute approximate surface area is 96.4 Å². The highest BCUT2D eigenvalue weighted by atomic mass is 16.1. The predicted octanol–water partition coefficient (Wildman–Crippen LogP) is 0.437. The molecule has 1 aromatic rings. The van der Waals surface area contributed by atoms with Gasteiger partial charge in [0.15, 0.2) is 0 Å². The van der Waals surface area contributed by atoms with Crippen LogP contribution in [-0.2, 0) is 6.54 Å². The second-order valence-corrected chi connectivity index (χ2v) is 3.86. The SMILES string of the molecule is CNCCN(C)Cc1ccccc1C(N)=O. The quantitative estimate of drug-likeness (QED) is 0.732. The largest absolute Gasteiger partial charge is 0.366 e. The Morgan fingerprint density at radius 1 is 1.44 bits per heavy atom. The fourth-order valence-corrected chi connectivity index (χ4v) is 1.57. The van der Waals surface area contributed by atoms with Gasteiger partial charge in [-0.2, -0.15) is 0 Å². The van der Waals surface area contributed by atoms with Crippen LogP contribution in [0.2, 0.25) is 0 Å². The van der Waals surface area contributed by atoms with Crippen molar-refractivity contribution in [1.29, 1.82) is 0 Å². The zero-order valence-corrected chi connectivity index (χ0v) is 9.86. The molecule has 0 aromatic heterocycles. The Balaban J connectivity index is 2.69. The molecule has 3 N–H and O–H groups in total. The number of rotatable bonds is 6. The van der Waals surface area contributed by atoms with Crippen LogP contribution in [0, 0.1) is 0 Å². The Kier molecular flexibility index (Phi) is 4.95. The van der Waals surface area contributed by atoms with Crippen molar-refractivity contribution in [2.75, 3.05) is 27.2 Å². The standard InChI is InChI=1S/C12H19N3O/c1-14-7-8-15(2)9-10-5-3-4-6-11(10)12(13)16/h3-6,14H,7-9H2,1-2H3,(H2,13,16). The second-order valence-electron chi connectivity index (χ2n) is 3.86. The van der Waals surface area contributed by atoms with Crippen LogP contribution in [0.3, 0.4) is 0 Å². The molecule has 1 amide bonds. The first kappa shape index (κ1) is 12.7. The highest BCUT2D eigenvalue weighted by Crippen LogP contribution is 2.10. The van der Waals surface area contributed by atoms with Gasteiger partial charge in [0.1, 0.15) is 0 Å². The Morgan fingerprint density at radius 2 is 2.12 bits per heavy atom. The number of nitrogens with two attached hydrogens (primary N) is 1. The first-order valence-electron chi connectivity index (χ1n) is 5.36. The van der Waals surface area contributed by atoms with Gasteiger partial charge in [0, 0.05) is 25.2 Å². The first-order chi connectivity index (χ1) is 7.65. The van der Waals surface area contributed by atoms with Crippen molar-refractivity contribution in [2.24, 2.45) is 5.73 Å². The van der Waals surface area contributed by atoms with Crippen molar-refractivity contribution in [2.45, 2.75) is 6.54 Å². The monoisotopic (exact) mass is 221 g/mol. The number of nitrogens with zero attached hydrogens (tertiary/aromatic N) is 1. The minimum absolute atomic E-state index is 0.363. The lowest BCUT2D eigenvalue weighted by atomic mass is 10.1. The van der Waals surface area contributed by atoms with E-state index >= 15 is 0 Å². The molecule has 0 saturated heterocycles. The van der Waals surface area contributed by atoms with Gasteiger partial charge in [-0.05, 0) is 25.7 Å². The molecular weight excluding hydrogens is 202 g/mol. The smallest absolute Gasteiger partial charge is 0.249 e. The van der Waals surface area contributed by atoms with E-state index < -0.39 is 0 Å². The normalized spacial score (nSPS) is 10.7. The molecule has 0 bridgehead atoms. The summed E-state index contributed by atoms with van der Waals surface area (Å²) in [5.74, 6) is -0.363. The summed E-state index contributed by atoms with van der Waals surface area (Å²) in [6.45, 7) is 2.60. The Bertz CT molecular complexity index is 352. The summed E-state index contributed by atoms with van der Waals surface area (Å²) in [4.78, 5) is 13.4. The average molecular weight is 221 g/mol. The van der Waals surface area contributed by atoms with Crippen molar-refractivity contribution in [3.8, 4) is 0 Å². The third kappa shape index (κ3) is 3.64. The zero-order chi connectivity index (χ0) is 12.0. The number of carbonyl (C=O) groups is 1. The average Bonchev–Trinajstić information content (AvgIpc) is 2.27. The number of hydrogen-bond acceptors (Lipinski definition) is 3. The van der Waals surface area contributed by atoms with Crippen molar-refractivity contribution in [3.05, 3.63) is 35.4 Å². The molecule has 0 radical (unpaired) electrons. The molecule has 0 spiro atoms. The van der Waals surface area contributed by atoms with Crippen LogP contribution in [0.4, 0.5) is 0 Å². The molecule has 0 aliphatic carbocycles. The first-order valence-corrected chi connectivity index (χ1v) is 5.36. The molecule has 1 rings (SSSR count). The van der Waals surface area contributed by atoms with E-state index in [0.29, 0.717) is 5.56 Å². The molecule has 0 heterocycles. The summed E-state index contributed by atoms with van der Waals surface area (Å²) in [5, 5.41) is 3.09. The molecule has 4 nitrogen and oxygen atoms in total. The minimum atomic E-state index is -0.363. The Hall–Kier alpha value is -1.39. The lowest BCUT2D eigenvalue weighted by Gasteiger charge is -2.17. The van der Waals surface area contributed by atoms with E-state index in [9.17, 15) is 4.79 Å². The molecule has 4 heteroatoms. The van der Waals surface area contributed by atoms with Crippen molar-refractivity contribution in [1.82, 2.24) is 10.2 Å². The van der Waals surface area contributed by atoms with Crippen LogP contribution in [0.25, 0.3) is 0 Å². The maximum Gasteiger partial charge on any atom is 0.249 e. The number of primary amides is 1. The predicted molar refractivity (Wildman–Crippen MR) is 65.2 cm³/mol. The van der Waals surface area contributed by atoms with E-state index in [-0.39, 0.29) is 5.91 Å². The summed E-state index contributed by atoms with van der Waals surface area (Å²) in [7, 11) is 3.94. The van der Waals surface area contributed by atoms with E-state index in [4.69, 9.17) is 5.73 Å². The molecule has 0 unspecified atom stereocenters. The lowest BCUT2D eigenvalue weighted by Crippen LogP contribution is -2.28. The van der Waals surface area contributed by atoms with Gasteiger partial charge < -0.3 is 16.0 Å². The van der Waals surface area contributed by atoms with Gasteiger partial charge >= 0.3 is 0 Å². The topological polar surface area (TPSA) is 58.4 Å². The fraction of sp³-hybridized carbons (Fsp3) is 0.417. The van der Waals surface area contributed by atoms with E-state index in [0.717, 1.165) is 25.2 Å². The molecule has 0 aliphatic heterocycles. The van der Waals surface area contributed by atoms with E-state index in [1.165, 1.54) is 0 Å². The highest BCUT2D eigenvalue weighted by molar-refractivity contribution is 5.94. The molecule has 0 atom stereocenters. The number of amides is 1. The summed E-state index contributed by atoms with van der Waals surface area (Å²) in [6, 6.07) is 7.46. The van der Waals surface area contributed by atoms with Gasteiger partial charge in [-0.3, -0.25) is 4.79 Å². The Morgan fingerprint density at radius 3 is 2.75 bits per heavy atom. The number of nitrogens with one attached hydrogen (secondary N) is 1. The number of likely N-dealkylation sites (N-methyl/N-ethyl adjacent to an activating group) is 2. The third-order valence-electron chi connectivity index (χ3n) is 2.47. The van der Waals surface area contributed by atoms with Gasteiger partial charge in [-0.15, -0.1) is 0 Å². The van der Waals surface area contributed by atoms with Crippen LogP contribution < -0.4 is 11.1 Å². The maximum absolute atomic E-state index is 11.2. The number of hydrogen-bond donors (Lipinski definition) is 2. The molecule has 0 fully saturated rings. The van der Waals surface area contributed by atoms with E-state index in [1.54, 1.807) is 6.07 Å². The minimum Gasteiger partial charge on any atom is -0.366 e. The van der Waals surface area contributed by atoms with Crippen LogP contribution in [0.15, 0.2) is 24.3 Å². The molecule has 88 valence electrons. The number of carbonyl (C=O) groups excluding carboxylic acids is 1. The fourth-order valence-electron chi connectivity index (χ4n) is 1.57. The third-order valence-corrected chi connectivity index (χ3v) is 2.47. The number of benzene rings is 1. The van der Waals surface area contributed by atoms with Crippen molar-refractivity contribution < 1.29 is 4.79 Å². The van der Waals surface area contributed by atoms with Crippen LogP contribution in [0.5, 0.6) is 0 Å². The van der Waals surface area contributed by atoms with Gasteiger partial charge in [-0.1, -0.05) is 18.2 Å². The van der Waals surface area contributed by atoms with Gasteiger partial charge in [0.2, 0.25) is 5.91 Å². The van der Waals surface area contributed by atoms with Gasteiger partial charge in [0.25, 0.3) is 0 Å². The van der Waals surface area contributed by atoms with Crippen molar-refractivity contribution in [3.63, 3.8) is 0 Å². The second kappa shape index (κ2) is 6.25. The molecule has 1 aromatic carbocycles. The summed E-state index contributed by atoms with van der Waals surface area (Å²) < 4.78 is 0. The van der Waals surface area contributed by atoms with E-state index in [2.05, 4.69) is 10.2 Å². The van der Waals surface area contributed by atoms with Gasteiger partial charge in [-0.25, -0.2) is 0 Å². The maximum atomic E-state index is 11.2. The van der Waals surface area contributed by atoms with Gasteiger partial charge in [0.05, 0.1) is 0 Å². The summed E-state index contributed by atoms with van der Waals surface area (Å²) >= 11 is 0. The van der Waals surface area contributed by atoms with Crippen LogP contribution in [0.1, 0.15) is 15.9 Å². The van der Waals surface area contributed by atoms with Crippen LogP contribution >= 0.6 is 0 Å². The summed E-state index contributed by atoms with van der Waals surface area (Å²) in [5.41, 5.74) is 6.91. The van der Waals surface area contributed by atoms with Crippen molar-refractivity contribution >= 4 is 5.91 Å². The van der Waals surface area contributed by atoms with E-state index in [1.807, 2.05) is 32.3 Å². The molecule has 0 saturated carbocycles. The molecule has 0 aliphatic rings. The molecule has 16 heavy (non-hydrogen) atoms. The molecular formula is C12H19N3O.